The maximum absolute atomic E-state index is 12.1. The molecule has 0 fully saturated rings. The first-order valence-electron chi connectivity index (χ1n) is 6.90. The lowest BCUT2D eigenvalue weighted by Crippen LogP contribution is -2.25. The van der Waals surface area contributed by atoms with Gasteiger partial charge in [-0.3, -0.25) is 9.59 Å². The summed E-state index contributed by atoms with van der Waals surface area (Å²) in [5, 5.41) is 2.83. The molecule has 0 radical (unpaired) electrons. The van der Waals surface area contributed by atoms with Gasteiger partial charge in [0.1, 0.15) is 0 Å². The fourth-order valence-corrected chi connectivity index (χ4v) is 1.82. The third-order valence-electron chi connectivity index (χ3n) is 2.95. The molecule has 1 aromatic rings. The van der Waals surface area contributed by atoms with Crippen molar-refractivity contribution >= 4 is 11.8 Å². The van der Waals surface area contributed by atoms with Crippen molar-refractivity contribution in [2.75, 3.05) is 13.1 Å². The summed E-state index contributed by atoms with van der Waals surface area (Å²) in [7, 11) is 0. The molecule has 2 amide bonds. The van der Waals surface area contributed by atoms with Crippen LogP contribution in [0.1, 0.15) is 40.7 Å². The highest BCUT2D eigenvalue weighted by molar-refractivity contribution is 5.96. The predicted molar refractivity (Wildman–Crippen MR) is 82.5 cm³/mol. The molecule has 0 unspecified atom stereocenters. The molecule has 0 spiro atoms. The van der Waals surface area contributed by atoms with E-state index in [1.807, 2.05) is 19.1 Å². The summed E-state index contributed by atoms with van der Waals surface area (Å²) in [4.78, 5) is 22.7. The summed E-state index contributed by atoms with van der Waals surface area (Å²) in [6.07, 6.45) is 1.75. The minimum absolute atomic E-state index is 0.136. The topological polar surface area (TPSA) is 98.2 Å². The number of nitrogens with two attached hydrogens (primary N) is 2. The van der Waals surface area contributed by atoms with E-state index < -0.39 is 0 Å². The molecule has 0 heterocycles. The van der Waals surface area contributed by atoms with Crippen LogP contribution in [0.15, 0.2) is 18.2 Å². The Morgan fingerprint density at radius 3 is 2.71 bits per heavy atom. The summed E-state index contributed by atoms with van der Waals surface area (Å²) in [5.74, 6) is 5.22. The Balaban J connectivity index is 2.58. The lowest BCUT2D eigenvalue weighted by atomic mass is 10.0. The number of primary amides is 1. The van der Waals surface area contributed by atoms with Crippen LogP contribution < -0.4 is 16.8 Å². The van der Waals surface area contributed by atoms with Crippen molar-refractivity contribution in [3.8, 4) is 11.8 Å². The number of benzene rings is 1. The molecule has 0 bridgehead atoms. The fraction of sp³-hybridized carbons (Fsp3) is 0.375. The van der Waals surface area contributed by atoms with Gasteiger partial charge < -0.3 is 16.8 Å². The molecule has 21 heavy (non-hydrogen) atoms. The molecule has 0 aliphatic carbocycles. The minimum Gasteiger partial charge on any atom is -0.370 e. The monoisotopic (exact) mass is 287 g/mol. The fourth-order valence-electron chi connectivity index (χ4n) is 1.82. The van der Waals surface area contributed by atoms with Crippen LogP contribution in [-0.2, 0) is 4.79 Å². The molecule has 1 aromatic carbocycles. The van der Waals surface area contributed by atoms with E-state index in [9.17, 15) is 9.59 Å². The summed E-state index contributed by atoms with van der Waals surface area (Å²) in [6, 6.07) is 5.49. The maximum atomic E-state index is 12.1. The zero-order chi connectivity index (χ0) is 15.7. The van der Waals surface area contributed by atoms with Gasteiger partial charge in [-0.1, -0.05) is 17.9 Å². The molecule has 0 aromatic heterocycles. The number of carbonyl (C=O) groups excluding carboxylic acids is 2. The van der Waals surface area contributed by atoms with Crippen molar-refractivity contribution in [2.24, 2.45) is 11.5 Å². The van der Waals surface area contributed by atoms with E-state index in [2.05, 4.69) is 17.2 Å². The lowest BCUT2D eigenvalue weighted by molar-refractivity contribution is -0.118. The van der Waals surface area contributed by atoms with Crippen molar-refractivity contribution in [2.45, 2.75) is 26.2 Å². The molecule has 112 valence electrons. The van der Waals surface area contributed by atoms with Crippen LogP contribution in [0.3, 0.4) is 0 Å². The molecule has 0 saturated heterocycles. The second kappa shape index (κ2) is 8.77. The van der Waals surface area contributed by atoms with Gasteiger partial charge in [0.2, 0.25) is 5.91 Å². The second-order valence-electron chi connectivity index (χ2n) is 4.71. The Hall–Kier alpha value is -2.32. The van der Waals surface area contributed by atoms with Crippen molar-refractivity contribution in [3.05, 3.63) is 34.9 Å². The Bertz CT molecular complexity index is 571. The van der Waals surface area contributed by atoms with Gasteiger partial charge in [-0.2, -0.15) is 0 Å². The number of hydrogen-bond acceptors (Lipinski definition) is 3. The van der Waals surface area contributed by atoms with Gasteiger partial charge >= 0.3 is 0 Å². The highest BCUT2D eigenvalue weighted by Gasteiger charge is 2.08. The van der Waals surface area contributed by atoms with E-state index in [0.29, 0.717) is 24.9 Å². The number of rotatable bonds is 6. The predicted octanol–water partition coefficient (Wildman–Crippen LogP) is 0.691. The average Bonchev–Trinajstić information content (AvgIpc) is 2.45. The van der Waals surface area contributed by atoms with Gasteiger partial charge in [-0.25, -0.2) is 0 Å². The SMILES string of the molecule is Cc1ccc(C#CCN)cc1C(=O)NCCCCC(N)=O. The maximum Gasteiger partial charge on any atom is 0.251 e. The first kappa shape index (κ1) is 16.7. The first-order chi connectivity index (χ1) is 10.0. The standard InChI is InChI=1S/C16H21N3O2/c1-12-7-8-13(5-4-9-17)11-14(12)16(21)19-10-3-2-6-15(18)20/h7-8,11H,2-3,6,9-10,17H2,1H3,(H2,18,20)(H,19,21). The zero-order valence-corrected chi connectivity index (χ0v) is 12.2. The first-order valence-corrected chi connectivity index (χ1v) is 6.90. The van der Waals surface area contributed by atoms with Crippen LogP contribution in [-0.4, -0.2) is 24.9 Å². The van der Waals surface area contributed by atoms with Crippen molar-refractivity contribution < 1.29 is 9.59 Å². The number of unbranched alkanes of at least 4 members (excludes halogenated alkanes) is 1. The molecule has 0 aliphatic rings. The average molecular weight is 287 g/mol. The third-order valence-corrected chi connectivity index (χ3v) is 2.95. The number of carbonyl (C=O) groups is 2. The Morgan fingerprint density at radius 2 is 2.05 bits per heavy atom. The molecule has 5 heteroatoms. The van der Waals surface area contributed by atoms with Crippen LogP contribution >= 0.6 is 0 Å². The lowest BCUT2D eigenvalue weighted by Gasteiger charge is -2.08. The van der Waals surface area contributed by atoms with E-state index >= 15 is 0 Å². The van der Waals surface area contributed by atoms with Gasteiger partial charge in [-0.05, 0) is 37.5 Å². The van der Waals surface area contributed by atoms with Crippen molar-refractivity contribution in [3.63, 3.8) is 0 Å². The van der Waals surface area contributed by atoms with Crippen molar-refractivity contribution in [1.82, 2.24) is 5.32 Å². The van der Waals surface area contributed by atoms with Crippen LogP contribution in [0.25, 0.3) is 0 Å². The normalized spacial score (nSPS) is 9.62. The molecule has 5 nitrogen and oxygen atoms in total. The van der Waals surface area contributed by atoms with Crippen molar-refractivity contribution in [1.29, 1.82) is 0 Å². The van der Waals surface area contributed by atoms with E-state index in [1.165, 1.54) is 0 Å². The highest BCUT2D eigenvalue weighted by atomic mass is 16.2. The van der Waals surface area contributed by atoms with Gasteiger partial charge in [0, 0.05) is 24.1 Å². The zero-order valence-electron chi connectivity index (χ0n) is 12.2. The molecule has 0 saturated carbocycles. The number of amides is 2. The largest absolute Gasteiger partial charge is 0.370 e. The summed E-state index contributed by atoms with van der Waals surface area (Å²) >= 11 is 0. The van der Waals surface area contributed by atoms with Crippen LogP contribution in [0.2, 0.25) is 0 Å². The minimum atomic E-state index is -0.316. The van der Waals surface area contributed by atoms with Gasteiger partial charge in [0.15, 0.2) is 0 Å². The van der Waals surface area contributed by atoms with Gasteiger partial charge in [0.05, 0.1) is 6.54 Å². The molecular weight excluding hydrogens is 266 g/mol. The van der Waals surface area contributed by atoms with E-state index in [-0.39, 0.29) is 18.4 Å². The molecular formula is C16H21N3O2. The molecule has 0 atom stereocenters. The Kier molecular flexibility index (Phi) is 6.99. The van der Waals surface area contributed by atoms with Crippen LogP contribution in [0, 0.1) is 18.8 Å². The van der Waals surface area contributed by atoms with Crippen LogP contribution in [0.4, 0.5) is 0 Å². The van der Waals surface area contributed by atoms with Gasteiger partial charge in [-0.15, -0.1) is 0 Å². The molecule has 0 aliphatic heterocycles. The third kappa shape index (κ3) is 6.11. The Labute approximate surface area is 125 Å². The quantitative estimate of drug-likeness (QED) is 0.530. The van der Waals surface area contributed by atoms with E-state index in [4.69, 9.17) is 11.5 Å². The summed E-state index contributed by atoms with van der Waals surface area (Å²) in [6.45, 7) is 2.68. The van der Waals surface area contributed by atoms with E-state index in [1.54, 1.807) is 6.07 Å². The highest BCUT2D eigenvalue weighted by Crippen LogP contribution is 2.10. The number of nitrogens with one attached hydrogen (secondary N) is 1. The number of hydrogen-bond donors (Lipinski definition) is 3. The molecule has 5 N–H and O–H groups in total. The second-order valence-corrected chi connectivity index (χ2v) is 4.71. The summed E-state index contributed by atoms with van der Waals surface area (Å²) in [5.41, 5.74) is 12.7. The summed E-state index contributed by atoms with van der Waals surface area (Å²) < 4.78 is 0. The smallest absolute Gasteiger partial charge is 0.251 e. The Morgan fingerprint density at radius 1 is 1.29 bits per heavy atom. The number of aryl methyl sites for hydroxylation is 1. The van der Waals surface area contributed by atoms with Gasteiger partial charge in [0.25, 0.3) is 5.91 Å². The van der Waals surface area contributed by atoms with Crippen LogP contribution in [0.5, 0.6) is 0 Å². The molecule has 1 rings (SSSR count). The van der Waals surface area contributed by atoms with E-state index in [0.717, 1.165) is 17.5 Å².